The Kier molecular flexibility index (Phi) is 4.12. The Morgan fingerprint density at radius 2 is 1.96 bits per heavy atom. The largest absolute Gasteiger partial charge is 0.486 e. The number of amides is 2. The quantitative estimate of drug-likeness (QED) is 0.911. The van der Waals surface area contributed by atoms with Crippen LogP contribution in [-0.4, -0.2) is 49.6 Å². The van der Waals surface area contributed by atoms with Gasteiger partial charge in [0.05, 0.1) is 12.2 Å². The third kappa shape index (κ3) is 3.15. The average molecular weight is 354 g/mol. The fourth-order valence-corrected chi connectivity index (χ4v) is 2.97. The fourth-order valence-electron chi connectivity index (χ4n) is 2.97. The van der Waals surface area contributed by atoms with E-state index in [1.165, 1.54) is 0 Å². The summed E-state index contributed by atoms with van der Waals surface area (Å²) in [6, 6.07) is 12.4. The van der Waals surface area contributed by atoms with E-state index >= 15 is 0 Å². The minimum absolute atomic E-state index is 0.0485. The van der Waals surface area contributed by atoms with Gasteiger partial charge < -0.3 is 24.4 Å². The molecular weight excluding hydrogens is 336 g/mol. The van der Waals surface area contributed by atoms with Gasteiger partial charge in [0, 0.05) is 12.6 Å². The number of para-hydroxylation sites is 2. The molecule has 7 heteroatoms. The SMILES string of the molecule is CN(CC1COc2ccccc2O1)C(=O)c1ccc2c(c1)OCC(=O)N2. The molecule has 1 unspecified atom stereocenters. The second kappa shape index (κ2) is 6.59. The van der Waals surface area contributed by atoms with Gasteiger partial charge in [0.2, 0.25) is 0 Å². The van der Waals surface area contributed by atoms with Crippen LogP contribution in [0.2, 0.25) is 0 Å². The molecule has 7 nitrogen and oxygen atoms in total. The Morgan fingerprint density at radius 3 is 2.81 bits per heavy atom. The number of carbonyl (C=O) groups excluding carboxylic acids is 2. The lowest BCUT2D eigenvalue weighted by Crippen LogP contribution is -2.41. The number of nitrogens with zero attached hydrogens (tertiary/aromatic N) is 1. The zero-order valence-electron chi connectivity index (χ0n) is 14.2. The number of anilines is 1. The Bertz CT molecular complexity index is 867. The Morgan fingerprint density at radius 1 is 1.15 bits per heavy atom. The minimum Gasteiger partial charge on any atom is -0.486 e. The van der Waals surface area contributed by atoms with E-state index in [1.54, 1.807) is 30.1 Å². The maximum atomic E-state index is 12.7. The molecule has 26 heavy (non-hydrogen) atoms. The van der Waals surface area contributed by atoms with Gasteiger partial charge >= 0.3 is 0 Å². The van der Waals surface area contributed by atoms with Crippen molar-refractivity contribution < 1.29 is 23.8 Å². The summed E-state index contributed by atoms with van der Waals surface area (Å²) in [5, 5.41) is 2.70. The maximum Gasteiger partial charge on any atom is 0.262 e. The van der Waals surface area contributed by atoms with Crippen LogP contribution in [-0.2, 0) is 4.79 Å². The number of hydrogen-bond acceptors (Lipinski definition) is 5. The lowest BCUT2D eigenvalue weighted by atomic mass is 10.1. The number of nitrogens with one attached hydrogen (secondary N) is 1. The van der Waals surface area contributed by atoms with Crippen LogP contribution in [0.15, 0.2) is 42.5 Å². The summed E-state index contributed by atoms with van der Waals surface area (Å²) < 4.78 is 17.0. The second-order valence-electron chi connectivity index (χ2n) is 6.23. The van der Waals surface area contributed by atoms with Crippen molar-refractivity contribution in [1.82, 2.24) is 4.90 Å². The van der Waals surface area contributed by atoms with E-state index in [0.29, 0.717) is 41.7 Å². The van der Waals surface area contributed by atoms with Gasteiger partial charge in [0.1, 0.15) is 12.4 Å². The molecule has 1 N–H and O–H groups in total. The molecule has 2 aromatic rings. The Balaban J connectivity index is 1.43. The molecule has 134 valence electrons. The van der Waals surface area contributed by atoms with E-state index < -0.39 is 0 Å². The maximum absolute atomic E-state index is 12.7. The highest BCUT2D eigenvalue weighted by molar-refractivity contribution is 5.98. The third-order valence-corrected chi connectivity index (χ3v) is 4.25. The monoisotopic (exact) mass is 354 g/mol. The van der Waals surface area contributed by atoms with Crippen LogP contribution in [0, 0.1) is 0 Å². The number of fused-ring (bicyclic) bond motifs is 2. The molecule has 0 aliphatic carbocycles. The lowest BCUT2D eigenvalue weighted by molar-refractivity contribution is -0.118. The van der Waals surface area contributed by atoms with Gasteiger partial charge in [-0.2, -0.15) is 0 Å². The van der Waals surface area contributed by atoms with Gasteiger partial charge in [0.15, 0.2) is 24.2 Å². The zero-order chi connectivity index (χ0) is 18.1. The highest BCUT2D eigenvalue weighted by Gasteiger charge is 2.25. The molecule has 1 atom stereocenters. The first-order chi connectivity index (χ1) is 12.6. The summed E-state index contributed by atoms with van der Waals surface area (Å²) >= 11 is 0. The number of carbonyl (C=O) groups is 2. The molecule has 0 aromatic heterocycles. The van der Waals surface area contributed by atoms with E-state index in [-0.39, 0.29) is 24.5 Å². The van der Waals surface area contributed by atoms with Crippen molar-refractivity contribution in [3.05, 3.63) is 48.0 Å². The second-order valence-corrected chi connectivity index (χ2v) is 6.23. The standard InChI is InChI=1S/C19H18N2O5/c1-21(9-13-10-24-15-4-2-3-5-16(15)26-13)19(23)12-6-7-14-17(8-12)25-11-18(22)20-14/h2-8,13H,9-11H2,1H3,(H,20,22). The predicted molar refractivity (Wildman–Crippen MR) is 93.9 cm³/mol. The van der Waals surface area contributed by atoms with Crippen molar-refractivity contribution in [1.29, 1.82) is 0 Å². The van der Waals surface area contributed by atoms with Crippen LogP contribution in [0.1, 0.15) is 10.4 Å². The van der Waals surface area contributed by atoms with E-state index in [1.807, 2.05) is 24.3 Å². The molecule has 2 heterocycles. The first-order valence-corrected chi connectivity index (χ1v) is 8.31. The molecule has 0 saturated heterocycles. The van der Waals surface area contributed by atoms with Crippen molar-refractivity contribution in [3.63, 3.8) is 0 Å². The number of likely N-dealkylation sites (N-methyl/N-ethyl adjacent to an activating group) is 1. The van der Waals surface area contributed by atoms with E-state index in [0.717, 1.165) is 0 Å². The average Bonchev–Trinajstić information content (AvgIpc) is 2.67. The number of ether oxygens (including phenoxy) is 3. The number of hydrogen-bond donors (Lipinski definition) is 1. The van der Waals surface area contributed by atoms with Gasteiger partial charge in [0.25, 0.3) is 11.8 Å². The van der Waals surface area contributed by atoms with E-state index in [9.17, 15) is 9.59 Å². The molecule has 0 radical (unpaired) electrons. The van der Waals surface area contributed by atoms with Gasteiger partial charge in [-0.05, 0) is 30.3 Å². The smallest absolute Gasteiger partial charge is 0.262 e. The molecule has 4 rings (SSSR count). The highest BCUT2D eigenvalue weighted by Crippen LogP contribution is 2.31. The molecular formula is C19H18N2O5. The van der Waals surface area contributed by atoms with Crippen molar-refractivity contribution in [2.45, 2.75) is 6.10 Å². The molecule has 0 spiro atoms. The van der Waals surface area contributed by atoms with Crippen LogP contribution in [0.5, 0.6) is 17.2 Å². The van der Waals surface area contributed by atoms with Crippen molar-refractivity contribution in [3.8, 4) is 17.2 Å². The Hall–Kier alpha value is -3.22. The molecule has 0 fully saturated rings. The summed E-state index contributed by atoms with van der Waals surface area (Å²) in [5.74, 6) is 1.53. The van der Waals surface area contributed by atoms with Gasteiger partial charge in [-0.15, -0.1) is 0 Å². The number of rotatable bonds is 3. The van der Waals surface area contributed by atoms with E-state index in [4.69, 9.17) is 14.2 Å². The highest BCUT2D eigenvalue weighted by atomic mass is 16.6. The first-order valence-electron chi connectivity index (χ1n) is 8.31. The summed E-state index contributed by atoms with van der Waals surface area (Å²) in [5.41, 5.74) is 1.06. The summed E-state index contributed by atoms with van der Waals surface area (Å²) in [4.78, 5) is 25.6. The third-order valence-electron chi connectivity index (χ3n) is 4.25. The molecule has 0 saturated carbocycles. The lowest BCUT2D eigenvalue weighted by Gasteiger charge is -2.29. The van der Waals surface area contributed by atoms with Crippen molar-refractivity contribution in [2.24, 2.45) is 0 Å². The van der Waals surface area contributed by atoms with Crippen LogP contribution in [0.3, 0.4) is 0 Å². The van der Waals surface area contributed by atoms with Crippen LogP contribution in [0.25, 0.3) is 0 Å². The Labute approximate surface area is 150 Å². The van der Waals surface area contributed by atoms with Gasteiger partial charge in [-0.1, -0.05) is 12.1 Å². The summed E-state index contributed by atoms with van der Waals surface area (Å²) in [7, 11) is 1.72. The van der Waals surface area contributed by atoms with Crippen LogP contribution in [0.4, 0.5) is 5.69 Å². The zero-order valence-corrected chi connectivity index (χ0v) is 14.2. The number of benzene rings is 2. The molecule has 0 bridgehead atoms. The minimum atomic E-state index is -0.244. The van der Waals surface area contributed by atoms with Gasteiger partial charge in [-0.25, -0.2) is 0 Å². The molecule has 2 aromatic carbocycles. The fraction of sp³-hybridized carbons (Fsp3) is 0.263. The van der Waals surface area contributed by atoms with E-state index in [2.05, 4.69) is 5.32 Å². The van der Waals surface area contributed by atoms with Crippen LogP contribution < -0.4 is 19.5 Å². The van der Waals surface area contributed by atoms with Crippen molar-refractivity contribution in [2.75, 3.05) is 32.1 Å². The normalized spacial score (nSPS) is 17.6. The topological polar surface area (TPSA) is 77.1 Å². The van der Waals surface area contributed by atoms with Gasteiger partial charge in [-0.3, -0.25) is 9.59 Å². The molecule has 2 aliphatic heterocycles. The summed E-state index contributed by atoms with van der Waals surface area (Å²) in [6.07, 6.45) is -0.244. The summed E-state index contributed by atoms with van der Waals surface area (Å²) in [6.45, 7) is 0.725. The van der Waals surface area contributed by atoms with Crippen molar-refractivity contribution >= 4 is 17.5 Å². The van der Waals surface area contributed by atoms with Crippen LogP contribution >= 0.6 is 0 Å². The first kappa shape index (κ1) is 16.3. The predicted octanol–water partition coefficient (Wildman–Crippen LogP) is 1.93. The molecule has 2 aliphatic rings. The molecule has 2 amide bonds.